The Morgan fingerprint density at radius 3 is 0.971 bits per heavy atom. The van der Waals surface area contributed by atoms with Crippen LogP contribution in [0.1, 0.15) is 0 Å². The van der Waals surface area contributed by atoms with Crippen LogP contribution in [0.5, 0.6) is 0 Å². The van der Waals surface area contributed by atoms with Crippen molar-refractivity contribution in [2.75, 3.05) is 0 Å². The minimum Gasteiger partial charge on any atom is -0.309 e. The van der Waals surface area contributed by atoms with E-state index in [0.29, 0.717) is 17.5 Å². The summed E-state index contributed by atoms with van der Waals surface area (Å²) in [5.74, 6) is 1.80. The molecule has 13 rings (SSSR count). The maximum absolute atomic E-state index is 5.41. The zero-order valence-corrected chi connectivity index (χ0v) is 36.9. The first-order chi connectivity index (χ1) is 33.7. The fourth-order valence-electron chi connectivity index (χ4n) is 10.00. The number of nitrogens with zero attached hydrogens (tertiary/aromatic N) is 5. The smallest absolute Gasteiger partial charge is 0.166 e. The van der Waals surface area contributed by atoms with Crippen LogP contribution in [0, 0.1) is 0 Å². The molecule has 3 aromatic heterocycles. The van der Waals surface area contributed by atoms with Crippen molar-refractivity contribution < 1.29 is 0 Å². The van der Waals surface area contributed by atoms with Gasteiger partial charge in [-0.25, -0.2) is 15.0 Å². The number of hydrogen-bond donors (Lipinski definition) is 0. The molecule has 0 radical (unpaired) electrons. The van der Waals surface area contributed by atoms with Crippen LogP contribution in [-0.4, -0.2) is 24.1 Å². The van der Waals surface area contributed by atoms with Gasteiger partial charge in [0.1, 0.15) is 0 Å². The number of para-hydroxylation sites is 4. The van der Waals surface area contributed by atoms with Crippen LogP contribution >= 0.6 is 0 Å². The van der Waals surface area contributed by atoms with Crippen LogP contribution in [0.4, 0.5) is 0 Å². The summed E-state index contributed by atoms with van der Waals surface area (Å²) in [6.45, 7) is 0. The average molecular weight is 868 g/mol. The van der Waals surface area contributed by atoms with Gasteiger partial charge in [-0.3, -0.25) is 0 Å². The second kappa shape index (κ2) is 16.4. The molecule has 10 aromatic carbocycles. The molecule has 318 valence electrons. The molecule has 0 amide bonds. The standard InChI is InChI=1S/C63H41N5/c1-4-18-42(19-5-1)47-36-38-59(67-55-28-14-10-24-49(55)50-25-11-15-29-56(50)67)53(40-47)44-32-34-46(35-33-44)62-64-61(45-22-8-3-9-23-45)65-63(66-62)54-41-48(43-20-6-2-7-21-43)37-39-60(54)68-57-30-16-12-26-51(57)52-27-13-17-31-58(52)68/h1-41H. The summed E-state index contributed by atoms with van der Waals surface area (Å²) in [6.07, 6.45) is 0. The predicted molar refractivity (Wildman–Crippen MR) is 281 cm³/mol. The molecule has 0 saturated heterocycles. The summed E-state index contributed by atoms with van der Waals surface area (Å²) in [5.41, 5.74) is 16.1. The van der Waals surface area contributed by atoms with Crippen LogP contribution in [0.3, 0.4) is 0 Å². The van der Waals surface area contributed by atoms with Gasteiger partial charge < -0.3 is 9.13 Å². The molecule has 0 aliphatic rings. The first-order valence-electron chi connectivity index (χ1n) is 23.0. The van der Waals surface area contributed by atoms with E-state index in [1.165, 1.54) is 38.1 Å². The van der Waals surface area contributed by atoms with Gasteiger partial charge in [-0.15, -0.1) is 0 Å². The Hall–Kier alpha value is -9.19. The van der Waals surface area contributed by atoms with Gasteiger partial charge in [-0.2, -0.15) is 0 Å². The molecule has 13 aromatic rings. The zero-order chi connectivity index (χ0) is 45.0. The monoisotopic (exact) mass is 867 g/mol. The molecule has 0 aliphatic heterocycles. The number of hydrogen-bond acceptors (Lipinski definition) is 3. The quantitative estimate of drug-likeness (QED) is 0.153. The molecule has 0 N–H and O–H groups in total. The lowest BCUT2D eigenvalue weighted by atomic mass is 9.96. The number of aromatic nitrogens is 5. The van der Waals surface area contributed by atoms with Gasteiger partial charge in [0.15, 0.2) is 17.5 Å². The lowest BCUT2D eigenvalue weighted by Crippen LogP contribution is -2.04. The summed E-state index contributed by atoms with van der Waals surface area (Å²) in [7, 11) is 0. The van der Waals surface area contributed by atoms with Crippen molar-refractivity contribution in [2.45, 2.75) is 0 Å². The SMILES string of the molecule is c1ccc(-c2ccc(-n3c4ccccc4c4ccccc43)c(-c3ccc(-c4nc(-c5ccccc5)nc(-c5cc(-c6ccccc6)ccc5-n5c6ccccc6c6ccccc65)n4)cc3)c2)cc1. The predicted octanol–water partition coefficient (Wildman–Crippen LogP) is 16.1. The van der Waals surface area contributed by atoms with E-state index in [9.17, 15) is 0 Å². The van der Waals surface area contributed by atoms with E-state index in [1.54, 1.807) is 0 Å². The van der Waals surface area contributed by atoms with Crippen molar-refractivity contribution >= 4 is 43.6 Å². The summed E-state index contributed by atoms with van der Waals surface area (Å²) in [5, 5.41) is 4.84. The molecule has 5 heteroatoms. The summed E-state index contributed by atoms with van der Waals surface area (Å²) >= 11 is 0. The van der Waals surface area contributed by atoms with E-state index >= 15 is 0 Å². The maximum atomic E-state index is 5.41. The molecule has 0 unspecified atom stereocenters. The highest BCUT2D eigenvalue weighted by atomic mass is 15.1. The normalized spacial score (nSPS) is 11.5. The molecule has 0 saturated carbocycles. The third-order valence-corrected chi connectivity index (χ3v) is 13.2. The summed E-state index contributed by atoms with van der Waals surface area (Å²) < 4.78 is 4.76. The first kappa shape index (κ1) is 39.2. The van der Waals surface area contributed by atoms with Crippen LogP contribution in [-0.2, 0) is 0 Å². The third kappa shape index (κ3) is 6.68. The van der Waals surface area contributed by atoms with Gasteiger partial charge in [0.2, 0.25) is 0 Å². The van der Waals surface area contributed by atoms with Crippen molar-refractivity contribution in [1.82, 2.24) is 24.1 Å². The highest BCUT2D eigenvalue weighted by Gasteiger charge is 2.21. The Morgan fingerprint density at radius 1 is 0.221 bits per heavy atom. The van der Waals surface area contributed by atoms with E-state index in [2.05, 4.69) is 240 Å². The van der Waals surface area contributed by atoms with E-state index in [1.807, 2.05) is 18.2 Å². The van der Waals surface area contributed by atoms with Crippen LogP contribution < -0.4 is 0 Å². The second-order valence-electron chi connectivity index (χ2n) is 17.2. The van der Waals surface area contributed by atoms with E-state index < -0.39 is 0 Å². The molecule has 5 nitrogen and oxygen atoms in total. The van der Waals surface area contributed by atoms with Crippen LogP contribution in [0.2, 0.25) is 0 Å². The first-order valence-corrected chi connectivity index (χ1v) is 23.0. The Morgan fingerprint density at radius 2 is 0.529 bits per heavy atom. The number of rotatable bonds is 8. The van der Waals surface area contributed by atoms with Crippen LogP contribution in [0.25, 0.3) is 123 Å². The van der Waals surface area contributed by atoms with Gasteiger partial charge in [-0.05, 0) is 76.3 Å². The molecule has 0 fully saturated rings. The van der Waals surface area contributed by atoms with Crippen molar-refractivity contribution in [3.8, 4) is 78.9 Å². The third-order valence-electron chi connectivity index (χ3n) is 13.2. The van der Waals surface area contributed by atoms with Gasteiger partial charge in [0.05, 0.1) is 33.4 Å². The lowest BCUT2D eigenvalue weighted by molar-refractivity contribution is 1.06. The summed E-state index contributed by atoms with van der Waals surface area (Å²) in [6, 6.07) is 88.2. The molecular formula is C63H41N5. The van der Waals surface area contributed by atoms with Gasteiger partial charge in [0.25, 0.3) is 0 Å². The Bertz CT molecular complexity index is 3900. The molecule has 0 atom stereocenters. The molecule has 0 aliphatic carbocycles. The van der Waals surface area contributed by atoms with Crippen molar-refractivity contribution in [3.05, 3.63) is 249 Å². The number of fused-ring (bicyclic) bond motifs is 6. The lowest BCUT2D eigenvalue weighted by Gasteiger charge is -2.17. The van der Waals surface area contributed by atoms with Gasteiger partial charge >= 0.3 is 0 Å². The Balaban J connectivity index is 1.01. The van der Waals surface area contributed by atoms with E-state index in [0.717, 1.165) is 66.9 Å². The van der Waals surface area contributed by atoms with Gasteiger partial charge in [0, 0.05) is 43.8 Å². The molecule has 0 bridgehead atoms. The molecule has 0 spiro atoms. The zero-order valence-electron chi connectivity index (χ0n) is 36.9. The van der Waals surface area contributed by atoms with Crippen molar-refractivity contribution in [2.24, 2.45) is 0 Å². The van der Waals surface area contributed by atoms with Crippen molar-refractivity contribution in [1.29, 1.82) is 0 Å². The van der Waals surface area contributed by atoms with E-state index in [-0.39, 0.29) is 0 Å². The van der Waals surface area contributed by atoms with Gasteiger partial charge in [-0.1, -0.05) is 200 Å². The highest BCUT2D eigenvalue weighted by molar-refractivity contribution is 6.11. The second-order valence-corrected chi connectivity index (χ2v) is 17.2. The minimum atomic E-state index is 0.594. The largest absolute Gasteiger partial charge is 0.309 e. The Kier molecular flexibility index (Phi) is 9.43. The molecule has 3 heterocycles. The molecule has 68 heavy (non-hydrogen) atoms. The number of benzene rings is 10. The fraction of sp³-hybridized carbons (Fsp3) is 0. The molecular weight excluding hydrogens is 827 g/mol. The summed E-state index contributed by atoms with van der Waals surface area (Å²) in [4.78, 5) is 15.9. The van der Waals surface area contributed by atoms with Crippen LogP contribution in [0.15, 0.2) is 249 Å². The maximum Gasteiger partial charge on any atom is 0.166 e. The average Bonchev–Trinajstić information content (AvgIpc) is 3.94. The fourth-order valence-corrected chi connectivity index (χ4v) is 10.00. The highest BCUT2D eigenvalue weighted by Crippen LogP contribution is 2.41. The van der Waals surface area contributed by atoms with E-state index in [4.69, 9.17) is 15.0 Å². The minimum absolute atomic E-state index is 0.594. The topological polar surface area (TPSA) is 48.5 Å². The Labute approximate surface area is 393 Å². The van der Waals surface area contributed by atoms with Crippen molar-refractivity contribution in [3.63, 3.8) is 0 Å².